The van der Waals surface area contributed by atoms with Gasteiger partial charge in [0.1, 0.15) is 0 Å². The standard InChI is InChI=1S/C22H34O/c1-3-5-6-7-18-8-10-19(11-9-18)12-13-20-14-16-21(17-15-20)22(23)4-2/h14-19H,3-13H2,1-2H3. The third-order valence-corrected chi connectivity index (χ3v) is 5.62. The third-order valence-electron chi connectivity index (χ3n) is 5.62. The van der Waals surface area contributed by atoms with Crippen LogP contribution in [0.15, 0.2) is 24.3 Å². The number of aryl methyl sites for hydroxylation is 1. The first kappa shape index (κ1) is 18.2. The zero-order valence-corrected chi connectivity index (χ0v) is 15.2. The molecule has 0 aliphatic heterocycles. The van der Waals surface area contributed by atoms with E-state index in [-0.39, 0.29) is 5.78 Å². The Kier molecular flexibility index (Phi) is 7.85. The Balaban J connectivity index is 1.68. The van der Waals surface area contributed by atoms with Crippen molar-refractivity contribution in [1.29, 1.82) is 0 Å². The Morgan fingerprint density at radius 2 is 1.52 bits per heavy atom. The molecule has 1 heteroatoms. The molecule has 1 aliphatic rings. The van der Waals surface area contributed by atoms with Gasteiger partial charge < -0.3 is 0 Å². The summed E-state index contributed by atoms with van der Waals surface area (Å²) in [7, 11) is 0. The van der Waals surface area contributed by atoms with Crippen molar-refractivity contribution in [3.8, 4) is 0 Å². The van der Waals surface area contributed by atoms with E-state index in [4.69, 9.17) is 0 Å². The highest BCUT2D eigenvalue weighted by molar-refractivity contribution is 5.95. The molecule has 0 atom stereocenters. The fraction of sp³-hybridized carbons (Fsp3) is 0.682. The van der Waals surface area contributed by atoms with Crippen LogP contribution in [0.4, 0.5) is 0 Å². The molecule has 23 heavy (non-hydrogen) atoms. The van der Waals surface area contributed by atoms with Crippen molar-refractivity contribution in [2.24, 2.45) is 11.8 Å². The number of rotatable bonds is 9. The zero-order chi connectivity index (χ0) is 16.5. The first-order valence-corrected chi connectivity index (χ1v) is 9.85. The van der Waals surface area contributed by atoms with Crippen LogP contribution < -0.4 is 0 Å². The fourth-order valence-electron chi connectivity index (χ4n) is 3.92. The maximum atomic E-state index is 11.7. The van der Waals surface area contributed by atoms with E-state index >= 15 is 0 Å². The molecule has 0 heterocycles. The zero-order valence-electron chi connectivity index (χ0n) is 15.2. The Morgan fingerprint density at radius 3 is 2.09 bits per heavy atom. The smallest absolute Gasteiger partial charge is 0.162 e. The molecule has 128 valence electrons. The van der Waals surface area contributed by atoms with Crippen molar-refractivity contribution in [2.45, 2.75) is 84.5 Å². The number of unbranched alkanes of at least 4 members (excludes halogenated alkanes) is 2. The second-order valence-electron chi connectivity index (χ2n) is 7.39. The molecular weight excluding hydrogens is 280 g/mol. The highest BCUT2D eigenvalue weighted by Crippen LogP contribution is 2.34. The van der Waals surface area contributed by atoms with E-state index in [2.05, 4.69) is 19.1 Å². The quantitative estimate of drug-likeness (QED) is 0.371. The van der Waals surface area contributed by atoms with Gasteiger partial charge in [-0.1, -0.05) is 89.5 Å². The molecule has 1 fully saturated rings. The SMILES string of the molecule is CCCCCC1CCC(CCc2ccc(C(=O)CC)cc2)CC1. The second-order valence-corrected chi connectivity index (χ2v) is 7.39. The summed E-state index contributed by atoms with van der Waals surface area (Å²) in [6.07, 6.45) is 14.5. The van der Waals surface area contributed by atoms with E-state index in [0.717, 1.165) is 17.4 Å². The molecule has 0 saturated heterocycles. The fourth-order valence-corrected chi connectivity index (χ4v) is 3.92. The number of Topliss-reactive ketones (excluding diaryl/α,β-unsaturated/α-hetero) is 1. The number of benzene rings is 1. The third kappa shape index (κ3) is 6.12. The van der Waals surface area contributed by atoms with Crippen molar-refractivity contribution in [2.75, 3.05) is 0 Å². The predicted octanol–water partition coefficient (Wildman–Crippen LogP) is 6.60. The minimum Gasteiger partial charge on any atom is -0.294 e. The van der Waals surface area contributed by atoms with Crippen LogP contribution in [-0.4, -0.2) is 5.78 Å². The minimum absolute atomic E-state index is 0.248. The van der Waals surface area contributed by atoms with Gasteiger partial charge in [-0.15, -0.1) is 0 Å². The molecule has 0 radical (unpaired) electrons. The normalized spacial score (nSPS) is 21.3. The predicted molar refractivity (Wildman–Crippen MR) is 99.0 cm³/mol. The van der Waals surface area contributed by atoms with Crippen molar-refractivity contribution >= 4 is 5.78 Å². The van der Waals surface area contributed by atoms with Crippen molar-refractivity contribution in [3.05, 3.63) is 35.4 Å². The summed E-state index contributed by atoms with van der Waals surface area (Å²) >= 11 is 0. The number of carbonyl (C=O) groups excluding carboxylic acids is 1. The molecule has 0 bridgehead atoms. The van der Waals surface area contributed by atoms with Crippen molar-refractivity contribution in [3.63, 3.8) is 0 Å². The lowest BCUT2D eigenvalue weighted by Gasteiger charge is -2.28. The molecule has 0 amide bonds. The Hall–Kier alpha value is -1.11. The van der Waals surface area contributed by atoms with E-state index in [1.807, 2.05) is 19.1 Å². The molecule has 2 rings (SSSR count). The Bertz CT molecular complexity index is 451. The van der Waals surface area contributed by atoms with Gasteiger partial charge in [0.15, 0.2) is 5.78 Å². The van der Waals surface area contributed by atoms with Gasteiger partial charge in [-0.3, -0.25) is 4.79 Å². The maximum absolute atomic E-state index is 11.7. The summed E-state index contributed by atoms with van der Waals surface area (Å²) in [5, 5.41) is 0. The average Bonchev–Trinajstić information content (AvgIpc) is 2.61. The van der Waals surface area contributed by atoms with E-state index in [0.29, 0.717) is 6.42 Å². The van der Waals surface area contributed by atoms with Gasteiger partial charge in [-0.25, -0.2) is 0 Å². The van der Waals surface area contributed by atoms with Gasteiger partial charge in [0.25, 0.3) is 0 Å². The first-order chi connectivity index (χ1) is 11.2. The van der Waals surface area contributed by atoms with Gasteiger partial charge in [0.05, 0.1) is 0 Å². The highest BCUT2D eigenvalue weighted by Gasteiger charge is 2.20. The summed E-state index contributed by atoms with van der Waals surface area (Å²) in [6.45, 7) is 4.22. The second kappa shape index (κ2) is 9.90. The highest BCUT2D eigenvalue weighted by atomic mass is 16.1. The van der Waals surface area contributed by atoms with Crippen LogP contribution >= 0.6 is 0 Å². The minimum atomic E-state index is 0.248. The van der Waals surface area contributed by atoms with Crippen LogP contribution in [0.3, 0.4) is 0 Å². The Labute approximate surface area is 142 Å². The van der Waals surface area contributed by atoms with Crippen LogP contribution in [0.25, 0.3) is 0 Å². The van der Waals surface area contributed by atoms with Gasteiger partial charge in [0.2, 0.25) is 0 Å². The average molecular weight is 315 g/mol. The summed E-state index contributed by atoms with van der Waals surface area (Å²) in [4.78, 5) is 11.7. The van der Waals surface area contributed by atoms with Crippen molar-refractivity contribution in [1.82, 2.24) is 0 Å². The largest absolute Gasteiger partial charge is 0.294 e. The summed E-state index contributed by atoms with van der Waals surface area (Å²) in [6, 6.07) is 8.32. The topological polar surface area (TPSA) is 17.1 Å². The van der Waals surface area contributed by atoms with Gasteiger partial charge in [0, 0.05) is 12.0 Å². The van der Waals surface area contributed by atoms with Crippen LogP contribution in [-0.2, 0) is 6.42 Å². The summed E-state index contributed by atoms with van der Waals surface area (Å²) in [5.74, 6) is 2.18. The molecule has 0 N–H and O–H groups in total. The first-order valence-electron chi connectivity index (χ1n) is 9.85. The Morgan fingerprint density at radius 1 is 0.913 bits per heavy atom. The monoisotopic (exact) mass is 314 g/mol. The lowest BCUT2D eigenvalue weighted by Crippen LogP contribution is -2.15. The van der Waals surface area contributed by atoms with Crippen LogP contribution in [0.2, 0.25) is 0 Å². The van der Waals surface area contributed by atoms with E-state index in [9.17, 15) is 4.79 Å². The summed E-state index contributed by atoms with van der Waals surface area (Å²) in [5.41, 5.74) is 2.26. The lowest BCUT2D eigenvalue weighted by molar-refractivity contribution is 0.0988. The molecule has 1 aliphatic carbocycles. The van der Waals surface area contributed by atoms with Crippen LogP contribution in [0.1, 0.15) is 94.0 Å². The molecular formula is C22H34O. The molecule has 0 spiro atoms. The number of hydrogen-bond donors (Lipinski definition) is 0. The summed E-state index contributed by atoms with van der Waals surface area (Å²) < 4.78 is 0. The number of carbonyl (C=O) groups is 1. The van der Waals surface area contributed by atoms with E-state index < -0.39 is 0 Å². The van der Waals surface area contributed by atoms with Gasteiger partial charge >= 0.3 is 0 Å². The molecule has 1 aromatic rings. The van der Waals surface area contributed by atoms with Crippen LogP contribution in [0, 0.1) is 11.8 Å². The van der Waals surface area contributed by atoms with Gasteiger partial charge in [-0.05, 0) is 30.2 Å². The van der Waals surface area contributed by atoms with E-state index in [1.54, 1.807) is 0 Å². The van der Waals surface area contributed by atoms with Gasteiger partial charge in [-0.2, -0.15) is 0 Å². The van der Waals surface area contributed by atoms with Crippen LogP contribution in [0.5, 0.6) is 0 Å². The van der Waals surface area contributed by atoms with E-state index in [1.165, 1.54) is 69.8 Å². The number of hydrogen-bond acceptors (Lipinski definition) is 1. The maximum Gasteiger partial charge on any atom is 0.162 e. The molecule has 1 nitrogen and oxygen atoms in total. The number of ketones is 1. The molecule has 0 aromatic heterocycles. The van der Waals surface area contributed by atoms with Crippen molar-refractivity contribution < 1.29 is 4.79 Å². The lowest BCUT2D eigenvalue weighted by atomic mass is 9.78. The molecule has 0 unspecified atom stereocenters. The molecule has 1 aromatic carbocycles. The molecule has 1 saturated carbocycles.